The first-order valence-electron chi connectivity index (χ1n) is 8.68. The third-order valence-corrected chi connectivity index (χ3v) is 6.08. The fourth-order valence-electron chi connectivity index (χ4n) is 2.75. The highest BCUT2D eigenvalue weighted by atomic mass is 32.2. The van der Waals surface area contributed by atoms with Crippen molar-refractivity contribution >= 4 is 21.7 Å². The number of nitrogens with zero attached hydrogens (tertiary/aromatic N) is 1. The smallest absolute Gasteiger partial charge is 0.335 e. The van der Waals surface area contributed by atoms with Gasteiger partial charge in [-0.15, -0.1) is 0 Å². The predicted molar refractivity (Wildman–Crippen MR) is 110 cm³/mol. The molecule has 0 aliphatic carbocycles. The number of benzene rings is 2. The zero-order valence-corrected chi connectivity index (χ0v) is 16.3. The van der Waals surface area contributed by atoms with Crippen molar-refractivity contribution in [2.75, 3.05) is 4.72 Å². The minimum Gasteiger partial charge on any atom is -0.478 e. The van der Waals surface area contributed by atoms with Crippen molar-refractivity contribution in [3.8, 4) is 22.3 Å². The number of carboxylic acid groups (broad SMARTS) is 1. The van der Waals surface area contributed by atoms with E-state index in [1.54, 1.807) is 38.2 Å². The molecule has 0 spiro atoms. The largest absolute Gasteiger partial charge is 0.478 e. The van der Waals surface area contributed by atoms with E-state index >= 15 is 0 Å². The minimum atomic E-state index is -3.59. The second-order valence-corrected chi connectivity index (χ2v) is 8.79. The summed E-state index contributed by atoms with van der Waals surface area (Å²) in [4.78, 5) is 15.5. The molecule has 7 heteroatoms. The van der Waals surface area contributed by atoms with E-state index in [1.807, 2.05) is 30.3 Å². The molecule has 1 aromatic heterocycles. The summed E-state index contributed by atoms with van der Waals surface area (Å²) in [6.07, 6.45) is 2.97. The van der Waals surface area contributed by atoms with Gasteiger partial charge in [-0.2, -0.15) is 0 Å². The second kappa shape index (κ2) is 7.82. The molecule has 0 aliphatic heterocycles. The first-order valence-corrected chi connectivity index (χ1v) is 10.2. The van der Waals surface area contributed by atoms with Crippen molar-refractivity contribution in [2.45, 2.75) is 19.1 Å². The molecule has 3 aromatic rings. The Kier molecular flexibility index (Phi) is 5.46. The zero-order chi connectivity index (χ0) is 20.3. The fraction of sp³-hybridized carbons (Fsp3) is 0.143. The highest BCUT2D eigenvalue weighted by molar-refractivity contribution is 7.93. The lowest BCUT2D eigenvalue weighted by atomic mass is 9.92. The molecule has 1 heterocycles. The Balaban J connectivity index is 2.23. The standard InChI is InChI=1S/C21H20N2O4S/c1-14(2)28(26,27)23-20-13-22-11-10-18(20)19-12-16(21(24)25)8-9-17(19)15-6-4-3-5-7-15/h3-14,23H,1-2H3,(H,24,25). The summed E-state index contributed by atoms with van der Waals surface area (Å²) in [7, 11) is -3.59. The molecule has 3 rings (SSSR count). The number of aromatic nitrogens is 1. The average Bonchev–Trinajstić information content (AvgIpc) is 2.68. The first-order chi connectivity index (χ1) is 13.3. The molecule has 0 saturated carbocycles. The Morgan fingerprint density at radius 2 is 1.71 bits per heavy atom. The number of rotatable bonds is 6. The van der Waals surface area contributed by atoms with Crippen LogP contribution in [0.3, 0.4) is 0 Å². The van der Waals surface area contributed by atoms with E-state index in [1.165, 1.54) is 12.3 Å². The zero-order valence-electron chi connectivity index (χ0n) is 15.5. The van der Waals surface area contributed by atoms with Gasteiger partial charge in [-0.25, -0.2) is 13.2 Å². The Hall–Kier alpha value is -3.19. The first kappa shape index (κ1) is 19.6. The summed E-state index contributed by atoms with van der Waals surface area (Å²) in [5, 5.41) is 8.80. The molecule has 28 heavy (non-hydrogen) atoms. The van der Waals surface area contributed by atoms with E-state index in [2.05, 4.69) is 9.71 Å². The molecule has 0 bridgehead atoms. The Labute approximate surface area is 163 Å². The Morgan fingerprint density at radius 3 is 2.36 bits per heavy atom. The third kappa shape index (κ3) is 4.04. The number of nitrogens with one attached hydrogen (secondary N) is 1. The van der Waals surface area contributed by atoms with E-state index in [0.717, 1.165) is 11.1 Å². The highest BCUT2D eigenvalue weighted by Crippen LogP contribution is 2.37. The van der Waals surface area contributed by atoms with Crippen molar-refractivity contribution in [1.82, 2.24) is 4.98 Å². The van der Waals surface area contributed by atoms with E-state index in [0.29, 0.717) is 16.8 Å². The van der Waals surface area contributed by atoms with Crippen LogP contribution in [0.1, 0.15) is 24.2 Å². The van der Waals surface area contributed by atoms with Gasteiger partial charge in [-0.3, -0.25) is 9.71 Å². The summed E-state index contributed by atoms with van der Waals surface area (Å²) in [5.74, 6) is -1.06. The highest BCUT2D eigenvalue weighted by Gasteiger charge is 2.20. The summed E-state index contributed by atoms with van der Waals surface area (Å²) < 4.78 is 27.3. The lowest BCUT2D eigenvalue weighted by Gasteiger charge is -2.17. The number of carboxylic acids is 1. The topological polar surface area (TPSA) is 96.4 Å². The van der Waals surface area contributed by atoms with E-state index in [9.17, 15) is 18.3 Å². The van der Waals surface area contributed by atoms with Crippen LogP contribution in [0.15, 0.2) is 67.0 Å². The summed E-state index contributed by atoms with van der Waals surface area (Å²) in [5.41, 5.74) is 3.27. The summed E-state index contributed by atoms with van der Waals surface area (Å²) in [6, 6.07) is 16.0. The molecular weight excluding hydrogens is 376 g/mol. The normalized spacial score (nSPS) is 11.4. The van der Waals surface area contributed by atoms with Crippen LogP contribution >= 0.6 is 0 Å². The maximum atomic E-state index is 12.4. The molecule has 2 aromatic carbocycles. The van der Waals surface area contributed by atoms with Gasteiger partial charge in [0.05, 0.1) is 22.7 Å². The van der Waals surface area contributed by atoms with Crippen LogP contribution < -0.4 is 4.72 Å². The van der Waals surface area contributed by atoms with Crippen LogP contribution in [0, 0.1) is 0 Å². The van der Waals surface area contributed by atoms with Crippen molar-refractivity contribution in [1.29, 1.82) is 0 Å². The summed E-state index contributed by atoms with van der Waals surface area (Å²) >= 11 is 0. The van der Waals surface area contributed by atoms with Crippen LogP contribution in [0.2, 0.25) is 0 Å². The van der Waals surface area contributed by atoms with E-state index in [4.69, 9.17) is 0 Å². The quantitative estimate of drug-likeness (QED) is 0.649. The number of carbonyl (C=O) groups is 1. The molecule has 0 fully saturated rings. The summed E-state index contributed by atoms with van der Waals surface area (Å²) in [6.45, 7) is 3.16. The van der Waals surface area contributed by atoms with Gasteiger partial charge in [0.25, 0.3) is 0 Å². The third-order valence-electron chi connectivity index (χ3n) is 4.34. The number of aromatic carboxylic acids is 1. The fourth-order valence-corrected chi connectivity index (χ4v) is 3.46. The molecular formula is C21H20N2O4S. The average molecular weight is 396 g/mol. The predicted octanol–water partition coefficient (Wildman–Crippen LogP) is 4.26. The van der Waals surface area contributed by atoms with Gasteiger partial charge in [0.15, 0.2) is 0 Å². The molecule has 0 atom stereocenters. The number of sulfonamides is 1. The lowest BCUT2D eigenvalue weighted by Crippen LogP contribution is -2.22. The van der Waals surface area contributed by atoms with Crippen molar-refractivity contribution in [3.63, 3.8) is 0 Å². The lowest BCUT2D eigenvalue weighted by molar-refractivity contribution is 0.0697. The van der Waals surface area contributed by atoms with Gasteiger partial charge in [-0.05, 0) is 48.7 Å². The van der Waals surface area contributed by atoms with Gasteiger partial charge in [-0.1, -0.05) is 36.4 Å². The molecule has 0 aliphatic rings. The molecule has 2 N–H and O–H groups in total. The number of hydrogen-bond donors (Lipinski definition) is 2. The minimum absolute atomic E-state index is 0.115. The maximum absolute atomic E-state index is 12.4. The maximum Gasteiger partial charge on any atom is 0.335 e. The molecule has 0 saturated heterocycles. The van der Waals surface area contributed by atoms with Gasteiger partial charge >= 0.3 is 5.97 Å². The van der Waals surface area contributed by atoms with Crippen molar-refractivity contribution in [3.05, 3.63) is 72.6 Å². The van der Waals surface area contributed by atoms with Gasteiger partial charge in [0.1, 0.15) is 0 Å². The monoisotopic (exact) mass is 396 g/mol. The van der Waals surface area contributed by atoms with Gasteiger partial charge in [0, 0.05) is 11.8 Å². The number of hydrogen-bond acceptors (Lipinski definition) is 4. The molecule has 0 radical (unpaired) electrons. The van der Waals surface area contributed by atoms with Crippen molar-refractivity contribution < 1.29 is 18.3 Å². The number of pyridine rings is 1. The number of anilines is 1. The van der Waals surface area contributed by atoms with Gasteiger partial charge in [0.2, 0.25) is 10.0 Å². The van der Waals surface area contributed by atoms with Crippen molar-refractivity contribution in [2.24, 2.45) is 0 Å². The van der Waals surface area contributed by atoms with Gasteiger partial charge < -0.3 is 5.11 Å². The van der Waals surface area contributed by atoms with Crippen LogP contribution in [0.5, 0.6) is 0 Å². The van der Waals surface area contributed by atoms with Crippen LogP contribution in [-0.4, -0.2) is 29.7 Å². The molecule has 0 amide bonds. The van der Waals surface area contributed by atoms with Crippen LogP contribution in [-0.2, 0) is 10.0 Å². The van der Waals surface area contributed by atoms with Crippen LogP contribution in [0.4, 0.5) is 5.69 Å². The molecule has 0 unspecified atom stereocenters. The second-order valence-electron chi connectivity index (χ2n) is 6.55. The molecule has 6 nitrogen and oxygen atoms in total. The van der Waals surface area contributed by atoms with E-state index < -0.39 is 21.2 Å². The Bertz CT molecular complexity index is 1110. The van der Waals surface area contributed by atoms with E-state index in [-0.39, 0.29) is 5.56 Å². The SMILES string of the molecule is CC(C)S(=O)(=O)Nc1cnccc1-c1cc(C(=O)O)ccc1-c1ccccc1. The molecule has 144 valence electrons. The van der Waals surface area contributed by atoms with Crippen LogP contribution in [0.25, 0.3) is 22.3 Å². The Morgan fingerprint density at radius 1 is 1.00 bits per heavy atom.